The van der Waals surface area contributed by atoms with Crippen molar-refractivity contribution in [2.24, 2.45) is 0 Å². The maximum atomic E-state index is 10.6. The Morgan fingerprint density at radius 3 is 1.47 bits per heavy atom. The molecule has 1 rings (SSSR count). The van der Waals surface area contributed by atoms with Gasteiger partial charge >= 0.3 is 0 Å². The smallest absolute Gasteiger partial charge is 0.294 e. The summed E-state index contributed by atoms with van der Waals surface area (Å²) >= 11 is 0. The van der Waals surface area contributed by atoms with Crippen LogP contribution in [0.25, 0.3) is 0 Å². The Morgan fingerprint density at radius 1 is 0.941 bits per heavy atom. The third kappa shape index (κ3) is 5.40. The number of rotatable bonds is 2. The molecule has 3 N–H and O–H groups in total. The molecule has 0 amide bonds. The Bertz CT molecular complexity index is 539. The van der Waals surface area contributed by atoms with Crippen molar-refractivity contribution < 1.29 is 35.8 Å². The molecule has 17 heavy (non-hydrogen) atoms. The molecule has 8 nitrogen and oxygen atoms in total. The molecule has 0 fully saturated rings. The molecule has 0 unspecified atom stereocenters. The van der Waals surface area contributed by atoms with Gasteiger partial charge in [0.2, 0.25) is 0 Å². The van der Waals surface area contributed by atoms with Gasteiger partial charge in [-0.2, -0.15) is 16.8 Å². The quantitative estimate of drug-likeness (QED) is 0.503. The third-order valence-corrected chi connectivity index (χ3v) is 3.10. The molecule has 0 aliphatic carbocycles. The predicted molar refractivity (Wildman–Crippen MR) is 54.8 cm³/mol. The van der Waals surface area contributed by atoms with Gasteiger partial charge in [-0.1, -0.05) is 6.07 Å². The fourth-order valence-electron chi connectivity index (χ4n) is 0.795. The van der Waals surface area contributed by atoms with E-state index in [0.29, 0.717) is 6.07 Å². The Morgan fingerprint density at radius 2 is 1.24 bits per heavy atom. The van der Waals surface area contributed by atoms with Crippen LogP contribution in [0.3, 0.4) is 0 Å². The molecule has 0 spiro atoms. The summed E-state index contributed by atoms with van der Waals surface area (Å²) in [4.78, 5) is 7.18. The van der Waals surface area contributed by atoms with E-state index < -0.39 is 30.0 Å². The van der Waals surface area contributed by atoms with Crippen molar-refractivity contribution >= 4 is 26.7 Å². The minimum atomic E-state index is -4.46. The van der Waals surface area contributed by atoms with Crippen LogP contribution in [0.2, 0.25) is 0 Å². The van der Waals surface area contributed by atoms with E-state index in [4.69, 9.17) is 19.0 Å². The van der Waals surface area contributed by atoms with E-state index in [0.717, 1.165) is 18.2 Å². The molecular weight excluding hydrogens is 276 g/mol. The molecule has 0 saturated carbocycles. The van der Waals surface area contributed by atoms with Crippen molar-refractivity contribution in [2.45, 2.75) is 9.79 Å². The highest BCUT2D eigenvalue weighted by molar-refractivity contribution is 7.86. The van der Waals surface area contributed by atoms with Crippen molar-refractivity contribution in [1.29, 1.82) is 0 Å². The lowest BCUT2D eigenvalue weighted by Gasteiger charge is -1.99. The van der Waals surface area contributed by atoms with Crippen molar-refractivity contribution in [2.75, 3.05) is 0 Å². The largest absolute Gasteiger partial charge is 0.483 e. The number of carbonyl (C=O) groups is 1. The van der Waals surface area contributed by atoms with Crippen molar-refractivity contribution in [1.82, 2.24) is 0 Å². The van der Waals surface area contributed by atoms with Gasteiger partial charge in [-0.3, -0.25) is 13.9 Å². The van der Waals surface area contributed by atoms with Crippen LogP contribution in [0.5, 0.6) is 0 Å². The van der Waals surface area contributed by atoms with Gasteiger partial charge in [-0.05, 0) is 18.2 Å². The molecule has 0 atom stereocenters. The fourth-order valence-corrected chi connectivity index (χ4v) is 1.92. The van der Waals surface area contributed by atoms with Gasteiger partial charge < -0.3 is 5.11 Å². The lowest BCUT2D eigenvalue weighted by atomic mass is 10.4. The standard InChI is InChI=1S/C6H6O6S2.CH2O2/c7-13(8,9)5-2-1-3-6(4-5)14(10,11)12;2-1-3/h1-4H,(H,7,8,9)(H,10,11,12);1H,(H,2,3). The molecule has 0 aromatic heterocycles. The summed E-state index contributed by atoms with van der Waals surface area (Å²) in [7, 11) is -8.92. The summed E-state index contributed by atoms with van der Waals surface area (Å²) in [6.07, 6.45) is 0. The lowest BCUT2D eigenvalue weighted by Crippen LogP contribution is -2.02. The Hall–Kier alpha value is -1.49. The molecule has 1 aromatic carbocycles. The minimum absolute atomic E-state index is 0.250. The molecular formula is C7H8O8S2. The zero-order valence-corrected chi connectivity index (χ0v) is 9.72. The van der Waals surface area contributed by atoms with E-state index in [1.807, 2.05) is 0 Å². The van der Waals surface area contributed by atoms with E-state index in [2.05, 4.69) is 0 Å². The monoisotopic (exact) mass is 284 g/mol. The highest BCUT2D eigenvalue weighted by atomic mass is 32.2. The molecule has 0 bridgehead atoms. The molecule has 0 heterocycles. The van der Waals surface area contributed by atoms with Crippen LogP contribution in [0, 0.1) is 0 Å². The van der Waals surface area contributed by atoms with Gasteiger partial charge in [0.1, 0.15) is 0 Å². The van der Waals surface area contributed by atoms with Gasteiger partial charge in [0.15, 0.2) is 0 Å². The topological polar surface area (TPSA) is 146 Å². The second kappa shape index (κ2) is 5.72. The summed E-state index contributed by atoms with van der Waals surface area (Å²) in [5.74, 6) is 0. The first-order chi connectivity index (χ1) is 7.62. The summed E-state index contributed by atoms with van der Waals surface area (Å²) in [5, 5.41) is 6.89. The second-order valence-electron chi connectivity index (χ2n) is 2.53. The van der Waals surface area contributed by atoms with Gasteiger partial charge in [0, 0.05) is 0 Å². The van der Waals surface area contributed by atoms with E-state index in [1.54, 1.807) is 0 Å². The minimum Gasteiger partial charge on any atom is -0.483 e. The number of hydrogen-bond acceptors (Lipinski definition) is 5. The lowest BCUT2D eigenvalue weighted by molar-refractivity contribution is -0.122. The summed E-state index contributed by atoms with van der Waals surface area (Å²) in [6.45, 7) is -0.250. The van der Waals surface area contributed by atoms with E-state index in [-0.39, 0.29) is 6.47 Å². The second-order valence-corrected chi connectivity index (χ2v) is 5.37. The van der Waals surface area contributed by atoms with E-state index >= 15 is 0 Å². The first kappa shape index (κ1) is 15.5. The van der Waals surface area contributed by atoms with Crippen LogP contribution in [0.15, 0.2) is 34.1 Å². The third-order valence-electron chi connectivity index (χ3n) is 1.40. The van der Waals surface area contributed by atoms with Crippen LogP contribution in [-0.2, 0) is 25.0 Å². The fraction of sp³-hybridized carbons (Fsp3) is 0. The van der Waals surface area contributed by atoms with Crippen molar-refractivity contribution in [3.8, 4) is 0 Å². The molecule has 10 heteroatoms. The molecule has 1 aromatic rings. The number of carboxylic acid groups (broad SMARTS) is 1. The summed E-state index contributed by atoms with van der Waals surface area (Å²) in [6, 6.07) is 3.75. The molecule has 0 aliphatic heterocycles. The maximum Gasteiger partial charge on any atom is 0.294 e. The van der Waals surface area contributed by atoms with Crippen LogP contribution in [0.4, 0.5) is 0 Å². The highest BCUT2D eigenvalue weighted by Crippen LogP contribution is 2.14. The van der Waals surface area contributed by atoms with Gasteiger partial charge in [0.25, 0.3) is 26.7 Å². The van der Waals surface area contributed by atoms with Gasteiger partial charge in [0.05, 0.1) is 9.79 Å². The van der Waals surface area contributed by atoms with Crippen molar-refractivity contribution in [3.05, 3.63) is 24.3 Å². The summed E-state index contributed by atoms with van der Waals surface area (Å²) < 4.78 is 59.5. The molecule has 0 saturated heterocycles. The van der Waals surface area contributed by atoms with Crippen LogP contribution in [-0.4, -0.2) is 37.5 Å². The average Bonchev–Trinajstić information content (AvgIpc) is 2.16. The van der Waals surface area contributed by atoms with Crippen LogP contribution >= 0.6 is 0 Å². The summed E-state index contributed by atoms with van der Waals surface area (Å²) in [5.41, 5.74) is 0. The van der Waals surface area contributed by atoms with E-state index in [1.165, 1.54) is 0 Å². The van der Waals surface area contributed by atoms with Crippen molar-refractivity contribution in [3.63, 3.8) is 0 Å². The first-order valence-electron chi connectivity index (χ1n) is 3.76. The first-order valence-corrected chi connectivity index (χ1v) is 6.64. The van der Waals surface area contributed by atoms with Crippen LogP contribution in [0.1, 0.15) is 0 Å². The normalized spacial score (nSPS) is 11.2. The Balaban J connectivity index is 0.000000770. The predicted octanol–water partition coefficient (Wildman–Crippen LogP) is -0.119. The average molecular weight is 284 g/mol. The Kier molecular flexibility index (Phi) is 5.22. The Labute approximate surface area is 97.0 Å². The van der Waals surface area contributed by atoms with Crippen LogP contribution < -0.4 is 0 Å². The zero-order chi connectivity index (χ0) is 13.7. The molecule has 0 aliphatic rings. The highest BCUT2D eigenvalue weighted by Gasteiger charge is 2.15. The maximum absolute atomic E-state index is 10.6. The number of benzene rings is 1. The van der Waals surface area contributed by atoms with E-state index in [9.17, 15) is 16.8 Å². The number of hydrogen-bond donors (Lipinski definition) is 3. The SMILES string of the molecule is O=CO.O=S(=O)(O)c1cccc(S(=O)(=O)O)c1. The van der Waals surface area contributed by atoms with Gasteiger partial charge in [-0.15, -0.1) is 0 Å². The molecule has 0 radical (unpaired) electrons. The zero-order valence-electron chi connectivity index (χ0n) is 8.09. The molecule has 96 valence electrons. The van der Waals surface area contributed by atoms with Gasteiger partial charge in [-0.25, -0.2) is 0 Å².